The van der Waals surface area contributed by atoms with Gasteiger partial charge in [-0.2, -0.15) is 5.10 Å². The molecular formula is C22H24BrN3O2. The molecule has 6 heteroatoms. The second-order valence-electron chi connectivity index (χ2n) is 6.57. The molecular weight excluding hydrogens is 418 g/mol. The fraction of sp³-hybridized carbons (Fsp3) is 0.273. The van der Waals surface area contributed by atoms with Gasteiger partial charge >= 0.3 is 0 Å². The SMILES string of the molecule is Cc1c(C(=O)NCCCOC(C)c2ccccc2)cnn1-c1ccc(Br)cc1. The van der Waals surface area contributed by atoms with Crippen LogP contribution in [0.2, 0.25) is 0 Å². The van der Waals surface area contributed by atoms with Gasteiger partial charge in [0.05, 0.1) is 29.2 Å². The highest BCUT2D eigenvalue weighted by Gasteiger charge is 2.14. The third-order valence-corrected chi connectivity index (χ3v) is 5.10. The number of rotatable bonds is 8. The van der Waals surface area contributed by atoms with E-state index in [1.807, 2.05) is 56.3 Å². The number of ether oxygens (including phenoxy) is 1. The molecule has 3 aromatic rings. The molecule has 0 aliphatic carbocycles. The van der Waals surface area contributed by atoms with Gasteiger partial charge in [-0.1, -0.05) is 46.3 Å². The molecule has 146 valence electrons. The molecule has 1 unspecified atom stereocenters. The molecule has 0 aliphatic heterocycles. The fourth-order valence-electron chi connectivity index (χ4n) is 2.92. The number of nitrogens with zero attached hydrogens (tertiary/aromatic N) is 2. The predicted molar refractivity (Wildman–Crippen MR) is 114 cm³/mol. The Kier molecular flexibility index (Phi) is 7.01. The number of carbonyl (C=O) groups is 1. The molecule has 0 aliphatic rings. The Hall–Kier alpha value is -2.44. The normalized spacial score (nSPS) is 12.0. The Morgan fingerprint density at radius 2 is 1.89 bits per heavy atom. The Bertz CT molecular complexity index is 907. The first-order valence-corrected chi connectivity index (χ1v) is 10.1. The number of nitrogens with one attached hydrogen (secondary N) is 1. The summed E-state index contributed by atoms with van der Waals surface area (Å²) in [5.41, 5.74) is 3.47. The van der Waals surface area contributed by atoms with Crippen LogP contribution in [0.1, 0.15) is 41.1 Å². The number of hydrogen-bond donors (Lipinski definition) is 1. The third kappa shape index (κ3) is 5.09. The summed E-state index contributed by atoms with van der Waals surface area (Å²) in [7, 11) is 0. The van der Waals surface area contributed by atoms with Gasteiger partial charge in [0.15, 0.2) is 0 Å². The maximum absolute atomic E-state index is 12.5. The van der Waals surface area contributed by atoms with Crippen molar-refractivity contribution in [2.45, 2.75) is 26.4 Å². The predicted octanol–water partition coefficient (Wildman–Crippen LogP) is 4.84. The number of halogens is 1. The maximum Gasteiger partial charge on any atom is 0.254 e. The Morgan fingerprint density at radius 1 is 1.18 bits per heavy atom. The van der Waals surface area contributed by atoms with Crippen molar-refractivity contribution in [2.75, 3.05) is 13.2 Å². The highest BCUT2D eigenvalue weighted by atomic mass is 79.9. The first-order chi connectivity index (χ1) is 13.6. The lowest BCUT2D eigenvalue weighted by Crippen LogP contribution is -2.25. The molecule has 0 fully saturated rings. The van der Waals surface area contributed by atoms with Crippen LogP contribution in [0.4, 0.5) is 0 Å². The van der Waals surface area contributed by atoms with Crippen LogP contribution in [0.3, 0.4) is 0 Å². The van der Waals surface area contributed by atoms with Crippen molar-refractivity contribution in [1.82, 2.24) is 15.1 Å². The van der Waals surface area contributed by atoms with Gasteiger partial charge in [-0.15, -0.1) is 0 Å². The van der Waals surface area contributed by atoms with E-state index in [4.69, 9.17) is 4.74 Å². The van der Waals surface area contributed by atoms with Crippen molar-refractivity contribution in [3.05, 3.63) is 82.1 Å². The molecule has 1 atom stereocenters. The third-order valence-electron chi connectivity index (χ3n) is 4.57. The maximum atomic E-state index is 12.5. The van der Waals surface area contributed by atoms with Gasteiger partial charge in [0.25, 0.3) is 5.91 Å². The number of hydrogen-bond acceptors (Lipinski definition) is 3. The van der Waals surface area contributed by atoms with Gasteiger partial charge in [0, 0.05) is 17.6 Å². The second-order valence-corrected chi connectivity index (χ2v) is 7.48. The molecule has 2 aromatic carbocycles. The van der Waals surface area contributed by atoms with Crippen LogP contribution in [0.15, 0.2) is 65.3 Å². The molecule has 1 aromatic heterocycles. The summed E-state index contributed by atoms with van der Waals surface area (Å²) in [6.45, 7) is 5.08. The van der Waals surface area contributed by atoms with E-state index in [9.17, 15) is 4.79 Å². The van der Waals surface area contributed by atoms with E-state index < -0.39 is 0 Å². The van der Waals surface area contributed by atoms with E-state index in [1.165, 1.54) is 0 Å². The highest BCUT2D eigenvalue weighted by molar-refractivity contribution is 9.10. The summed E-state index contributed by atoms with van der Waals surface area (Å²) >= 11 is 3.42. The van der Waals surface area contributed by atoms with Gasteiger partial charge in [-0.3, -0.25) is 4.79 Å². The number of carbonyl (C=O) groups excluding carboxylic acids is 1. The van der Waals surface area contributed by atoms with Crippen LogP contribution in [0.5, 0.6) is 0 Å². The lowest BCUT2D eigenvalue weighted by atomic mass is 10.1. The molecule has 0 saturated carbocycles. The molecule has 3 rings (SSSR count). The zero-order valence-corrected chi connectivity index (χ0v) is 17.6. The molecule has 5 nitrogen and oxygen atoms in total. The summed E-state index contributed by atoms with van der Waals surface area (Å²) in [6, 6.07) is 17.9. The largest absolute Gasteiger partial charge is 0.374 e. The molecule has 0 spiro atoms. The zero-order valence-electron chi connectivity index (χ0n) is 16.1. The minimum atomic E-state index is -0.114. The quantitative estimate of drug-likeness (QED) is 0.508. The van der Waals surface area contributed by atoms with Gasteiger partial charge in [-0.25, -0.2) is 4.68 Å². The lowest BCUT2D eigenvalue weighted by molar-refractivity contribution is 0.0635. The summed E-state index contributed by atoms with van der Waals surface area (Å²) in [4.78, 5) is 12.5. The average Bonchev–Trinajstić information content (AvgIpc) is 3.10. The van der Waals surface area contributed by atoms with Gasteiger partial charge in [-0.05, 0) is 50.1 Å². The van der Waals surface area contributed by atoms with Crippen LogP contribution >= 0.6 is 15.9 Å². The number of amides is 1. The van der Waals surface area contributed by atoms with Crippen molar-refractivity contribution < 1.29 is 9.53 Å². The molecule has 0 saturated heterocycles. The van der Waals surface area contributed by atoms with Crippen LogP contribution in [0.25, 0.3) is 5.69 Å². The van der Waals surface area contributed by atoms with Crippen LogP contribution < -0.4 is 5.32 Å². The van der Waals surface area contributed by atoms with E-state index in [0.717, 1.165) is 27.8 Å². The number of aromatic nitrogens is 2. The molecule has 0 bridgehead atoms. The van der Waals surface area contributed by atoms with E-state index in [2.05, 4.69) is 38.5 Å². The van der Waals surface area contributed by atoms with Gasteiger partial charge < -0.3 is 10.1 Å². The lowest BCUT2D eigenvalue weighted by Gasteiger charge is -2.13. The molecule has 1 heterocycles. The molecule has 28 heavy (non-hydrogen) atoms. The molecule has 0 radical (unpaired) electrons. The van der Waals surface area contributed by atoms with Crippen molar-refractivity contribution in [2.24, 2.45) is 0 Å². The van der Waals surface area contributed by atoms with Crippen LogP contribution in [-0.2, 0) is 4.74 Å². The summed E-state index contributed by atoms with van der Waals surface area (Å²) in [5, 5.41) is 7.30. The average molecular weight is 442 g/mol. The van der Waals surface area contributed by atoms with E-state index in [0.29, 0.717) is 18.7 Å². The van der Waals surface area contributed by atoms with E-state index in [1.54, 1.807) is 10.9 Å². The summed E-state index contributed by atoms with van der Waals surface area (Å²) < 4.78 is 8.61. The monoisotopic (exact) mass is 441 g/mol. The molecule has 1 amide bonds. The minimum absolute atomic E-state index is 0.0447. The standard InChI is InChI=1S/C22H24BrN3O2/c1-16-21(15-25-26(16)20-11-9-19(23)10-12-20)22(27)24-13-6-14-28-17(2)18-7-4-3-5-8-18/h3-5,7-12,15,17H,6,13-14H2,1-2H3,(H,24,27). The second kappa shape index (κ2) is 9.66. The smallest absolute Gasteiger partial charge is 0.254 e. The summed E-state index contributed by atoms with van der Waals surface area (Å²) in [5.74, 6) is -0.114. The van der Waals surface area contributed by atoms with E-state index >= 15 is 0 Å². The molecule has 1 N–H and O–H groups in total. The van der Waals surface area contributed by atoms with Crippen molar-refractivity contribution in [3.63, 3.8) is 0 Å². The Balaban J connectivity index is 1.47. The summed E-state index contributed by atoms with van der Waals surface area (Å²) in [6.07, 6.45) is 2.41. The highest BCUT2D eigenvalue weighted by Crippen LogP contribution is 2.18. The van der Waals surface area contributed by atoms with Crippen LogP contribution in [0, 0.1) is 6.92 Å². The zero-order chi connectivity index (χ0) is 19.9. The van der Waals surface area contributed by atoms with Crippen molar-refractivity contribution >= 4 is 21.8 Å². The van der Waals surface area contributed by atoms with Gasteiger partial charge in [0.1, 0.15) is 0 Å². The van der Waals surface area contributed by atoms with E-state index in [-0.39, 0.29) is 12.0 Å². The Labute approximate surface area is 173 Å². The topological polar surface area (TPSA) is 56.1 Å². The first kappa shape index (κ1) is 20.3. The van der Waals surface area contributed by atoms with Crippen molar-refractivity contribution in [3.8, 4) is 5.69 Å². The van der Waals surface area contributed by atoms with Crippen LogP contribution in [-0.4, -0.2) is 28.8 Å². The fourth-order valence-corrected chi connectivity index (χ4v) is 3.19. The Morgan fingerprint density at radius 3 is 2.61 bits per heavy atom. The van der Waals surface area contributed by atoms with Crippen molar-refractivity contribution in [1.29, 1.82) is 0 Å². The number of benzene rings is 2. The van der Waals surface area contributed by atoms with Gasteiger partial charge in [0.2, 0.25) is 0 Å². The first-order valence-electron chi connectivity index (χ1n) is 9.31. The minimum Gasteiger partial charge on any atom is -0.374 e.